The topological polar surface area (TPSA) is 55.4 Å². The number of methoxy groups -OCH3 is 1. The molecule has 0 aliphatic carbocycles. The molecule has 0 unspecified atom stereocenters. The van der Waals surface area contributed by atoms with Crippen LogP contribution in [0.2, 0.25) is 5.02 Å². The number of halogens is 1. The van der Waals surface area contributed by atoms with E-state index in [9.17, 15) is 9.59 Å². The smallest absolute Gasteiger partial charge is 0.325 e. The van der Waals surface area contributed by atoms with E-state index in [1.54, 1.807) is 23.9 Å². The van der Waals surface area contributed by atoms with Crippen molar-refractivity contribution in [3.8, 4) is 0 Å². The van der Waals surface area contributed by atoms with E-state index in [0.717, 1.165) is 21.2 Å². The predicted molar refractivity (Wildman–Crippen MR) is 91.8 cm³/mol. The van der Waals surface area contributed by atoms with Crippen LogP contribution in [0.15, 0.2) is 53.4 Å². The minimum absolute atomic E-state index is 0.135. The molecule has 0 aromatic heterocycles. The highest BCUT2D eigenvalue weighted by molar-refractivity contribution is 7.98. The van der Waals surface area contributed by atoms with Crippen LogP contribution in [0.1, 0.15) is 15.9 Å². The van der Waals surface area contributed by atoms with Gasteiger partial charge in [-0.2, -0.15) is 0 Å². The Kier molecular flexibility index (Phi) is 6.50. The molecule has 120 valence electrons. The molecule has 0 atom stereocenters. The Morgan fingerprint density at radius 3 is 2.35 bits per heavy atom. The SMILES string of the molecule is COC(=O)CNC(=O)c1ccc(CSc2ccc(Cl)cc2)cc1. The molecule has 0 bridgehead atoms. The Labute approximate surface area is 144 Å². The van der Waals surface area contributed by atoms with Gasteiger partial charge in [0, 0.05) is 21.2 Å². The molecular formula is C17H16ClNO3S. The number of carbonyl (C=O) groups is 2. The molecule has 1 N–H and O–H groups in total. The number of esters is 1. The van der Waals surface area contributed by atoms with Crippen molar-refractivity contribution in [1.82, 2.24) is 5.32 Å². The molecule has 6 heteroatoms. The maximum atomic E-state index is 11.9. The van der Waals surface area contributed by atoms with Crippen LogP contribution in [0, 0.1) is 0 Å². The number of nitrogens with one attached hydrogen (secondary N) is 1. The summed E-state index contributed by atoms with van der Waals surface area (Å²) < 4.78 is 4.47. The molecule has 2 aromatic carbocycles. The monoisotopic (exact) mass is 349 g/mol. The lowest BCUT2D eigenvalue weighted by atomic mass is 10.1. The van der Waals surface area contributed by atoms with Gasteiger partial charge in [0.05, 0.1) is 7.11 Å². The molecule has 0 aliphatic rings. The molecule has 0 radical (unpaired) electrons. The van der Waals surface area contributed by atoms with Gasteiger partial charge in [-0.05, 0) is 42.0 Å². The van der Waals surface area contributed by atoms with Crippen LogP contribution >= 0.6 is 23.4 Å². The van der Waals surface area contributed by atoms with Crippen molar-refractivity contribution in [2.75, 3.05) is 13.7 Å². The van der Waals surface area contributed by atoms with Crippen LogP contribution in [-0.4, -0.2) is 25.5 Å². The maximum absolute atomic E-state index is 11.9. The van der Waals surface area contributed by atoms with Gasteiger partial charge in [-0.1, -0.05) is 23.7 Å². The minimum Gasteiger partial charge on any atom is -0.468 e. The summed E-state index contributed by atoms with van der Waals surface area (Å²) in [5.41, 5.74) is 1.61. The van der Waals surface area contributed by atoms with Gasteiger partial charge >= 0.3 is 5.97 Å². The van der Waals surface area contributed by atoms with E-state index < -0.39 is 5.97 Å². The zero-order chi connectivity index (χ0) is 16.7. The first-order valence-electron chi connectivity index (χ1n) is 6.91. The molecule has 4 nitrogen and oxygen atoms in total. The number of carbonyl (C=O) groups excluding carboxylic acids is 2. The zero-order valence-corrected chi connectivity index (χ0v) is 14.1. The Balaban J connectivity index is 1.87. The Hall–Kier alpha value is -1.98. The Morgan fingerprint density at radius 2 is 1.74 bits per heavy atom. The summed E-state index contributed by atoms with van der Waals surface area (Å²) in [5.74, 6) is 0.0211. The fourth-order valence-corrected chi connectivity index (χ4v) is 2.76. The minimum atomic E-state index is -0.477. The summed E-state index contributed by atoms with van der Waals surface area (Å²) in [4.78, 5) is 24.0. The highest BCUT2D eigenvalue weighted by Crippen LogP contribution is 2.24. The van der Waals surface area contributed by atoms with Crippen LogP contribution in [0.5, 0.6) is 0 Å². The first kappa shape index (κ1) is 17.4. The second kappa shape index (κ2) is 8.60. The van der Waals surface area contributed by atoms with E-state index in [1.165, 1.54) is 7.11 Å². The third-order valence-corrected chi connectivity index (χ3v) is 4.39. The Morgan fingerprint density at radius 1 is 1.09 bits per heavy atom. The summed E-state index contributed by atoms with van der Waals surface area (Å²) in [6, 6.07) is 14.9. The van der Waals surface area contributed by atoms with Gasteiger partial charge in [-0.25, -0.2) is 0 Å². The van der Waals surface area contributed by atoms with Crippen LogP contribution in [0.3, 0.4) is 0 Å². The third kappa shape index (κ3) is 5.62. The largest absolute Gasteiger partial charge is 0.468 e. The molecule has 1 amide bonds. The van der Waals surface area contributed by atoms with Gasteiger partial charge in [0.2, 0.25) is 0 Å². The summed E-state index contributed by atoms with van der Waals surface area (Å²) in [7, 11) is 1.28. The van der Waals surface area contributed by atoms with Crippen molar-refractivity contribution in [2.45, 2.75) is 10.6 Å². The second-order valence-corrected chi connectivity index (χ2v) is 6.18. The Bertz CT molecular complexity index is 671. The van der Waals surface area contributed by atoms with Gasteiger partial charge in [0.25, 0.3) is 5.91 Å². The lowest BCUT2D eigenvalue weighted by Gasteiger charge is -2.06. The highest BCUT2D eigenvalue weighted by atomic mass is 35.5. The molecule has 0 spiro atoms. The van der Waals surface area contributed by atoms with Crippen LogP contribution in [0.4, 0.5) is 0 Å². The molecule has 0 saturated heterocycles. The predicted octanol–water partition coefficient (Wildman–Crippen LogP) is 3.54. The van der Waals surface area contributed by atoms with Crippen molar-refractivity contribution >= 4 is 35.2 Å². The summed E-state index contributed by atoms with van der Waals surface area (Å²) >= 11 is 7.55. The van der Waals surface area contributed by atoms with Crippen LogP contribution < -0.4 is 5.32 Å². The summed E-state index contributed by atoms with van der Waals surface area (Å²) in [5, 5.41) is 3.22. The van der Waals surface area contributed by atoms with E-state index in [2.05, 4.69) is 10.1 Å². The van der Waals surface area contributed by atoms with Crippen molar-refractivity contribution in [1.29, 1.82) is 0 Å². The van der Waals surface area contributed by atoms with E-state index >= 15 is 0 Å². The van der Waals surface area contributed by atoms with E-state index in [0.29, 0.717) is 5.56 Å². The van der Waals surface area contributed by atoms with Gasteiger partial charge in [-0.3, -0.25) is 9.59 Å². The number of ether oxygens (including phenoxy) is 1. The van der Waals surface area contributed by atoms with Gasteiger partial charge in [0.1, 0.15) is 6.54 Å². The van der Waals surface area contributed by atoms with E-state index in [4.69, 9.17) is 11.6 Å². The second-order valence-electron chi connectivity index (χ2n) is 4.70. The van der Waals surface area contributed by atoms with Gasteiger partial charge in [-0.15, -0.1) is 11.8 Å². The molecule has 2 rings (SSSR count). The van der Waals surface area contributed by atoms with Gasteiger partial charge in [0.15, 0.2) is 0 Å². The fourth-order valence-electron chi connectivity index (χ4n) is 1.78. The molecule has 0 aliphatic heterocycles. The lowest BCUT2D eigenvalue weighted by molar-refractivity contribution is -0.139. The van der Waals surface area contributed by atoms with Crippen LogP contribution in [0.25, 0.3) is 0 Å². The van der Waals surface area contributed by atoms with Crippen LogP contribution in [-0.2, 0) is 15.3 Å². The quantitative estimate of drug-likeness (QED) is 0.640. The molecule has 2 aromatic rings. The molecule has 0 saturated carbocycles. The van der Waals surface area contributed by atoms with Crippen molar-refractivity contribution in [2.24, 2.45) is 0 Å². The maximum Gasteiger partial charge on any atom is 0.325 e. The average molecular weight is 350 g/mol. The standard InChI is InChI=1S/C17H16ClNO3S/c1-22-16(20)10-19-17(21)13-4-2-12(3-5-13)11-23-15-8-6-14(18)7-9-15/h2-9H,10-11H2,1H3,(H,19,21). The number of thioether (sulfide) groups is 1. The third-order valence-electron chi connectivity index (χ3n) is 3.06. The van der Waals surface area contributed by atoms with Crippen molar-refractivity contribution in [3.05, 3.63) is 64.7 Å². The van der Waals surface area contributed by atoms with Gasteiger partial charge < -0.3 is 10.1 Å². The van der Waals surface area contributed by atoms with Crippen molar-refractivity contribution in [3.63, 3.8) is 0 Å². The zero-order valence-electron chi connectivity index (χ0n) is 12.5. The summed E-state index contributed by atoms with van der Waals surface area (Å²) in [6.45, 7) is -0.135. The number of benzene rings is 2. The highest BCUT2D eigenvalue weighted by Gasteiger charge is 2.08. The lowest BCUT2D eigenvalue weighted by Crippen LogP contribution is -2.30. The molecule has 0 heterocycles. The first-order chi connectivity index (χ1) is 11.1. The first-order valence-corrected chi connectivity index (χ1v) is 8.27. The molecule has 23 heavy (non-hydrogen) atoms. The van der Waals surface area contributed by atoms with E-state index in [-0.39, 0.29) is 12.5 Å². The van der Waals surface area contributed by atoms with Crippen molar-refractivity contribution < 1.29 is 14.3 Å². The number of amides is 1. The number of hydrogen-bond acceptors (Lipinski definition) is 4. The average Bonchev–Trinajstić information content (AvgIpc) is 2.59. The molecular weight excluding hydrogens is 334 g/mol. The summed E-state index contributed by atoms with van der Waals surface area (Å²) in [6.07, 6.45) is 0. The fraction of sp³-hybridized carbons (Fsp3) is 0.176. The number of hydrogen-bond donors (Lipinski definition) is 1. The normalized spacial score (nSPS) is 10.2. The van der Waals surface area contributed by atoms with E-state index in [1.807, 2.05) is 36.4 Å². The molecule has 0 fully saturated rings. The number of rotatable bonds is 6.